The van der Waals surface area contributed by atoms with Crippen molar-refractivity contribution in [2.75, 3.05) is 47.5 Å². The fourth-order valence-corrected chi connectivity index (χ4v) is 8.51. The molecule has 0 N–H and O–H groups in total. The minimum absolute atomic E-state index is 0.144. The zero-order chi connectivity index (χ0) is 56.2. The van der Waals surface area contributed by atoms with Gasteiger partial charge in [-0.1, -0.05) is 246 Å². The Kier molecular flexibility index (Phi) is 55.5. The third kappa shape index (κ3) is 59.7. The Hall–Kier alpha value is -3.79. The van der Waals surface area contributed by atoms with Gasteiger partial charge in [0.05, 0.1) is 40.3 Å². The molecule has 0 aromatic rings. The number of esters is 2. The van der Waals surface area contributed by atoms with E-state index in [2.05, 4.69) is 111 Å². The number of rotatable bonds is 57. The first-order valence-corrected chi connectivity index (χ1v) is 31.4. The van der Waals surface area contributed by atoms with E-state index in [1.54, 1.807) is 0 Å². The maximum absolute atomic E-state index is 12.9. The predicted molar refractivity (Wildman–Crippen MR) is 324 cm³/mol. The van der Waals surface area contributed by atoms with Crippen LogP contribution in [0.1, 0.15) is 258 Å². The molecule has 0 rings (SSSR count). The first kappa shape index (κ1) is 73.2. The van der Waals surface area contributed by atoms with Crippen molar-refractivity contribution in [1.82, 2.24) is 0 Å². The number of carboxylic acid groups (broad SMARTS) is 1. The minimum Gasteiger partial charge on any atom is -0.545 e. The summed E-state index contributed by atoms with van der Waals surface area (Å²) in [6.45, 7) is 4.63. The van der Waals surface area contributed by atoms with Gasteiger partial charge in [0, 0.05) is 12.8 Å². The number of aliphatic carboxylic acids is 1. The van der Waals surface area contributed by atoms with Crippen LogP contribution in [-0.2, 0) is 33.3 Å². The maximum Gasteiger partial charge on any atom is 0.306 e. The number of likely N-dealkylation sites (N-methyl/N-ethyl adjacent to an activating group) is 1. The van der Waals surface area contributed by atoms with Crippen molar-refractivity contribution in [2.24, 2.45) is 0 Å². The molecule has 0 saturated heterocycles. The third-order valence-electron chi connectivity index (χ3n) is 13.3. The van der Waals surface area contributed by atoms with Gasteiger partial charge in [0.25, 0.3) is 0 Å². The number of nitrogens with zero attached hydrogens (tertiary/aromatic N) is 1. The molecule has 0 aliphatic heterocycles. The molecule has 0 aromatic carbocycles. The summed E-state index contributed by atoms with van der Waals surface area (Å²) in [4.78, 5) is 37.3. The monoisotopic (exact) mass is 1080 g/mol. The molecule has 0 saturated carbocycles. The molecule has 0 amide bonds. The van der Waals surface area contributed by atoms with E-state index in [9.17, 15) is 19.5 Å². The average molecular weight is 1080 g/mol. The molecule has 0 spiro atoms. The summed E-state index contributed by atoms with van der Waals surface area (Å²) < 4.78 is 22.7. The van der Waals surface area contributed by atoms with Crippen molar-refractivity contribution in [2.45, 2.75) is 270 Å². The van der Waals surface area contributed by atoms with Crippen LogP contribution in [0.15, 0.2) is 97.2 Å². The maximum atomic E-state index is 12.9. The van der Waals surface area contributed by atoms with Crippen LogP contribution < -0.4 is 5.11 Å². The van der Waals surface area contributed by atoms with Crippen molar-refractivity contribution in [1.29, 1.82) is 0 Å². The summed E-state index contributed by atoms with van der Waals surface area (Å²) in [6.07, 6.45) is 76.1. The molecule has 0 aliphatic rings. The number of hydrogen-bond acceptors (Lipinski definition) is 8. The largest absolute Gasteiger partial charge is 0.545 e. The Balaban J connectivity index is 4.15. The van der Waals surface area contributed by atoms with Gasteiger partial charge < -0.3 is 33.3 Å². The Morgan fingerprint density at radius 3 is 1.12 bits per heavy atom. The molecule has 9 nitrogen and oxygen atoms in total. The van der Waals surface area contributed by atoms with Crippen LogP contribution in [0.3, 0.4) is 0 Å². The van der Waals surface area contributed by atoms with E-state index in [0.29, 0.717) is 17.4 Å². The van der Waals surface area contributed by atoms with Gasteiger partial charge in [-0.3, -0.25) is 9.59 Å². The van der Waals surface area contributed by atoms with Gasteiger partial charge in [-0.25, -0.2) is 0 Å². The van der Waals surface area contributed by atoms with E-state index < -0.39 is 24.3 Å². The number of carbonyl (C=O) groups excluding carboxylic acids is 3. The summed E-state index contributed by atoms with van der Waals surface area (Å²) in [5.74, 6) is -2.29. The normalized spacial score (nSPS) is 13.4. The Morgan fingerprint density at radius 1 is 0.403 bits per heavy atom. The van der Waals surface area contributed by atoms with Gasteiger partial charge in [0.2, 0.25) is 0 Å². The molecule has 442 valence electrons. The third-order valence-corrected chi connectivity index (χ3v) is 13.3. The summed E-state index contributed by atoms with van der Waals surface area (Å²) >= 11 is 0. The van der Waals surface area contributed by atoms with Crippen LogP contribution in [0.5, 0.6) is 0 Å². The van der Waals surface area contributed by atoms with E-state index in [1.165, 1.54) is 128 Å². The van der Waals surface area contributed by atoms with Crippen molar-refractivity contribution in [3.05, 3.63) is 97.2 Å². The zero-order valence-electron chi connectivity index (χ0n) is 50.3. The Morgan fingerprint density at radius 2 is 0.740 bits per heavy atom. The molecule has 9 heteroatoms. The quantitative estimate of drug-likeness (QED) is 0.0195. The van der Waals surface area contributed by atoms with Crippen molar-refractivity contribution in [3.63, 3.8) is 0 Å². The van der Waals surface area contributed by atoms with Crippen molar-refractivity contribution >= 4 is 17.9 Å². The molecule has 77 heavy (non-hydrogen) atoms. The van der Waals surface area contributed by atoms with Crippen LogP contribution in [0, 0.1) is 0 Å². The second-order valence-electron chi connectivity index (χ2n) is 22.0. The van der Waals surface area contributed by atoms with Crippen LogP contribution in [0.25, 0.3) is 0 Å². The van der Waals surface area contributed by atoms with Gasteiger partial charge in [-0.15, -0.1) is 0 Å². The van der Waals surface area contributed by atoms with Gasteiger partial charge in [0.15, 0.2) is 12.4 Å². The lowest BCUT2D eigenvalue weighted by Gasteiger charge is -2.26. The predicted octanol–water partition coefficient (Wildman–Crippen LogP) is 17.6. The van der Waals surface area contributed by atoms with Gasteiger partial charge in [-0.05, 0) is 96.3 Å². The lowest BCUT2D eigenvalue weighted by molar-refractivity contribution is -0.870. The lowest BCUT2D eigenvalue weighted by atomic mass is 10.0. The topological polar surface area (TPSA) is 111 Å². The second kappa shape index (κ2) is 58.4. The average Bonchev–Trinajstić information content (AvgIpc) is 3.40. The minimum atomic E-state index is -1.63. The molecule has 0 fully saturated rings. The highest BCUT2D eigenvalue weighted by Gasteiger charge is 2.22. The fraction of sp³-hybridized carbons (Fsp3) is 0.721. The van der Waals surface area contributed by atoms with Crippen LogP contribution in [0.2, 0.25) is 0 Å². The number of carboxylic acids is 1. The zero-order valence-corrected chi connectivity index (χ0v) is 50.3. The number of quaternary nitrogens is 1. The first-order chi connectivity index (χ1) is 37.6. The van der Waals surface area contributed by atoms with Crippen LogP contribution in [-0.4, -0.2) is 82.3 Å². The summed E-state index contributed by atoms with van der Waals surface area (Å²) in [7, 11) is 5.92. The van der Waals surface area contributed by atoms with E-state index in [1.807, 2.05) is 21.1 Å². The van der Waals surface area contributed by atoms with Gasteiger partial charge >= 0.3 is 11.9 Å². The fourth-order valence-electron chi connectivity index (χ4n) is 8.51. The van der Waals surface area contributed by atoms with Crippen LogP contribution >= 0.6 is 0 Å². The highest BCUT2D eigenvalue weighted by Crippen LogP contribution is 2.16. The van der Waals surface area contributed by atoms with Crippen LogP contribution in [0.4, 0.5) is 0 Å². The SMILES string of the molecule is CC/C=C\C/C=C\C/C=C\C/C=C\C/C=C\C/C=C\C/C=C\CCCCCCCCCCCCCCCC(=O)OC(COC(=O)CCCCCCCCC/C=C\CCCCCCCC)COC(OCC[N+](C)(C)C)C(=O)[O-]. The standard InChI is InChI=1S/C68H117NO8/c1-6-8-10-12-14-16-18-20-22-24-25-26-27-28-29-30-31-32-33-34-35-36-37-38-39-40-41-43-45-47-49-51-53-55-57-59-66(71)77-64(63-76-68(67(72)73)74-61-60-69(3,4)5)62-75-65(70)58-56-54-52-50-48-46-44-42-23-21-19-17-15-13-11-9-7-2/h8,10,14,16,20-23,25-26,28-29,31-32,34-35,64,68H,6-7,9,11-13,15,17-19,24,27,30,33,36-63H2,1-5H3/b10-8-,16-14-,22-20-,23-21-,26-25-,29-28-,32-31-,35-34-. The summed E-state index contributed by atoms with van der Waals surface area (Å²) in [5.41, 5.74) is 0. The molecule has 0 aliphatic carbocycles. The number of unbranched alkanes of at least 4 members (excludes halogenated alkanes) is 26. The number of hydrogen-bond donors (Lipinski definition) is 0. The van der Waals surface area contributed by atoms with Crippen molar-refractivity contribution < 1.29 is 42.9 Å². The van der Waals surface area contributed by atoms with Crippen molar-refractivity contribution in [3.8, 4) is 0 Å². The highest BCUT2D eigenvalue weighted by molar-refractivity contribution is 5.70. The number of ether oxygens (including phenoxy) is 4. The summed E-state index contributed by atoms with van der Waals surface area (Å²) in [6, 6.07) is 0. The molecule has 0 radical (unpaired) electrons. The van der Waals surface area contributed by atoms with E-state index in [-0.39, 0.29) is 38.6 Å². The van der Waals surface area contributed by atoms with E-state index in [4.69, 9.17) is 18.9 Å². The Labute approximate surface area is 473 Å². The molecular weight excluding hydrogens is 959 g/mol. The summed E-state index contributed by atoms with van der Waals surface area (Å²) in [5, 5.41) is 11.8. The van der Waals surface area contributed by atoms with Gasteiger partial charge in [-0.2, -0.15) is 0 Å². The number of allylic oxidation sites excluding steroid dienone is 16. The number of carbonyl (C=O) groups is 3. The second-order valence-corrected chi connectivity index (χ2v) is 22.0. The molecule has 0 aromatic heterocycles. The molecule has 2 atom stereocenters. The van der Waals surface area contributed by atoms with Gasteiger partial charge in [0.1, 0.15) is 13.2 Å². The Bertz CT molecular complexity index is 1580. The molecular formula is C68H117NO8. The molecule has 0 bridgehead atoms. The molecule has 0 heterocycles. The molecule has 2 unspecified atom stereocenters. The highest BCUT2D eigenvalue weighted by atomic mass is 16.7. The van der Waals surface area contributed by atoms with E-state index >= 15 is 0 Å². The smallest absolute Gasteiger partial charge is 0.306 e. The lowest BCUT2D eigenvalue weighted by Crippen LogP contribution is -2.44. The first-order valence-electron chi connectivity index (χ1n) is 31.4. The van der Waals surface area contributed by atoms with E-state index in [0.717, 1.165) is 96.3 Å².